The first kappa shape index (κ1) is 17.0. The molecule has 1 atom stereocenters. The number of imide groups is 1. The van der Waals surface area contributed by atoms with Crippen LogP contribution in [0.25, 0.3) is 0 Å². The minimum absolute atomic E-state index is 0.316. The molecular weight excluding hydrogens is 296 g/mol. The monoisotopic (exact) mass is 318 g/mol. The molecule has 0 unspecified atom stereocenters. The molecule has 0 radical (unpaired) electrons. The molecule has 1 aromatic rings. The topological polar surface area (TPSA) is 84.5 Å². The highest BCUT2D eigenvalue weighted by molar-refractivity contribution is 5.97. The summed E-state index contributed by atoms with van der Waals surface area (Å²) in [4.78, 5) is 35.7. The molecule has 0 spiro atoms. The third-order valence-corrected chi connectivity index (χ3v) is 3.98. The van der Waals surface area contributed by atoms with E-state index >= 15 is 0 Å². The van der Waals surface area contributed by atoms with Crippen molar-refractivity contribution in [2.45, 2.75) is 38.2 Å². The predicted molar refractivity (Wildman–Crippen MR) is 84.4 cm³/mol. The van der Waals surface area contributed by atoms with Gasteiger partial charge in [0.05, 0.1) is 0 Å². The van der Waals surface area contributed by atoms with Gasteiger partial charge in [-0.15, -0.1) is 0 Å². The molecule has 1 fully saturated rings. The maximum atomic E-state index is 12.2. The quantitative estimate of drug-likeness (QED) is 0.816. The molecule has 0 heterocycles. The Kier molecular flexibility index (Phi) is 6.14. The van der Waals surface area contributed by atoms with Crippen molar-refractivity contribution in [3.05, 3.63) is 35.9 Å². The summed E-state index contributed by atoms with van der Waals surface area (Å²) in [6, 6.07) is 8.05. The molecular formula is C17H22N2O4. The van der Waals surface area contributed by atoms with E-state index in [2.05, 4.69) is 10.6 Å². The fourth-order valence-electron chi connectivity index (χ4n) is 2.77. The Hall–Kier alpha value is -2.37. The van der Waals surface area contributed by atoms with Crippen LogP contribution in [0.3, 0.4) is 0 Å². The largest absolute Gasteiger partial charge is 0.447 e. The highest BCUT2D eigenvalue weighted by Crippen LogP contribution is 2.29. The van der Waals surface area contributed by atoms with Crippen molar-refractivity contribution in [1.29, 1.82) is 0 Å². The maximum Gasteiger partial charge on any atom is 0.321 e. The first-order valence-electron chi connectivity index (χ1n) is 7.87. The van der Waals surface area contributed by atoms with Crippen molar-refractivity contribution in [2.75, 3.05) is 7.05 Å². The van der Waals surface area contributed by atoms with Gasteiger partial charge in [0.15, 0.2) is 0 Å². The lowest BCUT2D eigenvalue weighted by atomic mass is 10.0. The molecule has 1 aliphatic carbocycles. The maximum absolute atomic E-state index is 12.2. The van der Waals surface area contributed by atoms with Crippen LogP contribution in [0, 0.1) is 5.92 Å². The number of hydrogen-bond acceptors (Lipinski definition) is 4. The van der Waals surface area contributed by atoms with Gasteiger partial charge in [0.25, 0.3) is 5.91 Å². The van der Waals surface area contributed by atoms with Crippen molar-refractivity contribution in [1.82, 2.24) is 10.6 Å². The molecule has 1 aliphatic rings. The van der Waals surface area contributed by atoms with E-state index in [0.717, 1.165) is 25.7 Å². The Balaban J connectivity index is 2.05. The Morgan fingerprint density at radius 2 is 1.83 bits per heavy atom. The molecule has 1 aromatic carbocycles. The van der Waals surface area contributed by atoms with Crippen molar-refractivity contribution >= 4 is 17.9 Å². The van der Waals surface area contributed by atoms with Gasteiger partial charge in [-0.3, -0.25) is 14.9 Å². The molecule has 0 aliphatic heterocycles. The first-order valence-corrected chi connectivity index (χ1v) is 7.87. The molecule has 0 saturated heterocycles. The van der Waals surface area contributed by atoms with E-state index in [1.165, 1.54) is 7.05 Å². The summed E-state index contributed by atoms with van der Waals surface area (Å²) in [7, 11) is 1.41. The third kappa shape index (κ3) is 5.09. The van der Waals surface area contributed by atoms with Crippen LogP contribution >= 0.6 is 0 Å². The number of rotatable bonds is 5. The van der Waals surface area contributed by atoms with E-state index in [-0.39, 0.29) is 0 Å². The highest BCUT2D eigenvalue weighted by Gasteiger charge is 2.28. The first-order chi connectivity index (χ1) is 11.1. The fourth-order valence-corrected chi connectivity index (χ4v) is 2.77. The number of carbonyl (C=O) groups excluding carboxylic acids is 3. The van der Waals surface area contributed by atoms with Crippen LogP contribution in [0.1, 0.15) is 43.8 Å². The number of benzene rings is 1. The molecule has 2 N–H and O–H groups in total. The Morgan fingerprint density at radius 3 is 2.43 bits per heavy atom. The number of hydrogen-bond donors (Lipinski definition) is 2. The molecule has 0 bridgehead atoms. The van der Waals surface area contributed by atoms with E-state index < -0.39 is 24.0 Å². The molecule has 124 valence electrons. The second-order valence-corrected chi connectivity index (χ2v) is 5.70. The van der Waals surface area contributed by atoms with E-state index in [0.29, 0.717) is 17.9 Å². The smallest absolute Gasteiger partial charge is 0.321 e. The zero-order valence-electron chi connectivity index (χ0n) is 13.2. The molecule has 0 aromatic heterocycles. The van der Waals surface area contributed by atoms with Crippen molar-refractivity contribution in [3.63, 3.8) is 0 Å². The standard InChI is InChI=1S/C17H22N2O4/c1-18-17(22)19-16(21)15(13-9-3-2-4-10-13)23-14(20)11-12-7-5-6-8-12/h2-4,9-10,12,15H,5-8,11H2,1H3,(H2,18,19,21,22)/t15-/m1/s1. The average molecular weight is 318 g/mol. The summed E-state index contributed by atoms with van der Waals surface area (Å²) in [6.45, 7) is 0. The molecule has 6 nitrogen and oxygen atoms in total. The number of amides is 3. The van der Waals surface area contributed by atoms with Crippen molar-refractivity contribution in [2.24, 2.45) is 5.92 Å². The van der Waals surface area contributed by atoms with E-state index in [9.17, 15) is 14.4 Å². The Morgan fingerprint density at radius 1 is 1.17 bits per heavy atom. The highest BCUT2D eigenvalue weighted by atomic mass is 16.5. The molecule has 23 heavy (non-hydrogen) atoms. The van der Waals surface area contributed by atoms with Crippen LogP contribution in [-0.2, 0) is 14.3 Å². The van der Waals surface area contributed by atoms with E-state index in [1.807, 2.05) is 0 Å². The minimum atomic E-state index is -1.12. The molecule has 3 amide bonds. The van der Waals surface area contributed by atoms with Crippen molar-refractivity contribution in [3.8, 4) is 0 Å². The van der Waals surface area contributed by atoms with E-state index in [1.54, 1.807) is 30.3 Å². The number of esters is 1. The van der Waals surface area contributed by atoms with Gasteiger partial charge in [0, 0.05) is 19.0 Å². The molecule has 1 saturated carbocycles. The van der Waals surface area contributed by atoms with Gasteiger partial charge < -0.3 is 10.1 Å². The van der Waals surface area contributed by atoms with Gasteiger partial charge >= 0.3 is 12.0 Å². The molecule has 6 heteroatoms. The molecule has 2 rings (SSSR count). The van der Waals surface area contributed by atoms with Crippen molar-refractivity contribution < 1.29 is 19.1 Å². The average Bonchev–Trinajstić information content (AvgIpc) is 3.06. The normalized spacial score (nSPS) is 15.7. The van der Waals surface area contributed by atoms with Gasteiger partial charge in [0.2, 0.25) is 6.10 Å². The second kappa shape index (κ2) is 8.31. The van der Waals surface area contributed by atoms with Gasteiger partial charge in [-0.2, -0.15) is 0 Å². The predicted octanol–water partition coefficient (Wildman–Crippen LogP) is 2.31. The van der Waals surface area contributed by atoms with Gasteiger partial charge in [-0.05, 0) is 18.8 Å². The SMILES string of the molecule is CNC(=O)NC(=O)[C@H](OC(=O)CC1CCCC1)c1ccccc1. The van der Waals surface area contributed by atoms with Crippen LogP contribution in [0.4, 0.5) is 4.79 Å². The number of ether oxygens (including phenoxy) is 1. The van der Waals surface area contributed by atoms with Crippen LogP contribution in [-0.4, -0.2) is 25.0 Å². The number of carbonyl (C=O) groups is 3. The summed E-state index contributed by atoms with van der Waals surface area (Å²) >= 11 is 0. The summed E-state index contributed by atoms with van der Waals surface area (Å²) in [5, 5.41) is 4.46. The summed E-state index contributed by atoms with van der Waals surface area (Å²) in [5.41, 5.74) is 0.536. The lowest BCUT2D eigenvalue weighted by Gasteiger charge is -2.18. The summed E-state index contributed by atoms with van der Waals surface area (Å²) in [5.74, 6) is -0.728. The zero-order valence-corrected chi connectivity index (χ0v) is 13.2. The number of urea groups is 1. The van der Waals surface area contributed by atoms with E-state index in [4.69, 9.17) is 4.74 Å². The fraction of sp³-hybridized carbons (Fsp3) is 0.471. The lowest BCUT2D eigenvalue weighted by Crippen LogP contribution is -2.41. The lowest BCUT2D eigenvalue weighted by molar-refractivity contribution is -0.157. The van der Waals surface area contributed by atoms with Gasteiger partial charge in [-0.25, -0.2) is 4.79 Å². The number of nitrogens with one attached hydrogen (secondary N) is 2. The Bertz CT molecular complexity index is 553. The second-order valence-electron chi connectivity index (χ2n) is 5.70. The van der Waals surface area contributed by atoms with Crippen LogP contribution in [0.5, 0.6) is 0 Å². The van der Waals surface area contributed by atoms with Gasteiger partial charge in [-0.1, -0.05) is 43.2 Å². The summed E-state index contributed by atoms with van der Waals surface area (Å²) in [6.07, 6.45) is 3.51. The van der Waals surface area contributed by atoms with Crippen LogP contribution in [0.15, 0.2) is 30.3 Å². The Labute approximate surface area is 135 Å². The van der Waals surface area contributed by atoms with Crippen LogP contribution in [0.2, 0.25) is 0 Å². The van der Waals surface area contributed by atoms with Crippen LogP contribution < -0.4 is 10.6 Å². The van der Waals surface area contributed by atoms with Gasteiger partial charge in [0.1, 0.15) is 0 Å². The third-order valence-electron chi connectivity index (χ3n) is 3.98. The zero-order chi connectivity index (χ0) is 16.7. The minimum Gasteiger partial charge on any atom is -0.447 e. The summed E-state index contributed by atoms with van der Waals surface area (Å²) < 4.78 is 5.37.